The fraction of sp³-hybridized carbons (Fsp3) is 0.263. The minimum Gasteiger partial charge on any atom is -0.491 e. The minimum atomic E-state index is -0.117. The standard InChI is InChI=1S/C19H20ClN3O2/c1-13(18-21-16-9-5-3-7-14(16)19(24)22-18)23(2)11-12-25-17-10-6-4-8-15(17)20/h3-10,13H,11-12H2,1-2H3,(H,21,22,24)/t13-/m1/s1. The van der Waals surface area contributed by atoms with Gasteiger partial charge in [-0.3, -0.25) is 9.69 Å². The Hall–Kier alpha value is -2.37. The van der Waals surface area contributed by atoms with Crippen LogP contribution in [-0.2, 0) is 0 Å². The fourth-order valence-electron chi connectivity index (χ4n) is 2.57. The predicted molar refractivity (Wildman–Crippen MR) is 100 cm³/mol. The molecule has 0 aliphatic heterocycles. The number of halogens is 1. The first kappa shape index (κ1) is 17.5. The summed E-state index contributed by atoms with van der Waals surface area (Å²) in [6.45, 7) is 3.16. The second-order valence-electron chi connectivity index (χ2n) is 5.90. The summed E-state index contributed by atoms with van der Waals surface area (Å²) in [4.78, 5) is 21.7. The number of aromatic amines is 1. The summed E-state index contributed by atoms with van der Waals surface area (Å²) in [7, 11) is 1.97. The molecule has 2 aromatic carbocycles. The number of benzene rings is 2. The second kappa shape index (κ2) is 7.68. The maximum atomic E-state index is 12.2. The van der Waals surface area contributed by atoms with Crippen LogP contribution in [0.15, 0.2) is 53.3 Å². The summed E-state index contributed by atoms with van der Waals surface area (Å²) in [5, 5.41) is 1.20. The Morgan fingerprint density at radius 2 is 1.92 bits per heavy atom. The predicted octanol–water partition coefficient (Wildman–Crippen LogP) is 3.65. The molecule has 0 radical (unpaired) electrons. The summed E-state index contributed by atoms with van der Waals surface area (Å²) < 4.78 is 5.72. The highest BCUT2D eigenvalue weighted by Gasteiger charge is 2.15. The number of nitrogens with one attached hydrogen (secondary N) is 1. The van der Waals surface area contributed by atoms with Gasteiger partial charge in [-0.25, -0.2) is 4.98 Å². The molecule has 1 aromatic heterocycles. The van der Waals surface area contributed by atoms with Crippen LogP contribution in [0.5, 0.6) is 5.75 Å². The molecule has 0 unspecified atom stereocenters. The van der Waals surface area contributed by atoms with Crippen molar-refractivity contribution in [2.45, 2.75) is 13.0 Å². The van der Waals surface area contributed by atoms with E-state index in [4.69, 9.17) is 16.3 Å². The lowest BCUT2D eigenvalue weighted by molar-refractivity contribution is 0.196. The molecule has 0 bridgehead atoms. The normalized spacial score (nSPS) is 12.5. The molecule has 3 rings (SSSR count). The van der Waals surface area contributed by atoms with Gasteiger partial charge in [0, 0.05) is 6.54 Å². The molecular formula is C19H20ClN3O2. The van der Waals surface area contributed by atoms with Crippen molar-refractivity contribution in [3.8, 4) is 5.75 Å². The number of para-hydroxylation sites is 2. The molecule has 0 spiro atoms. The zero-order valence-corrected chi connectivity index (χ0v) is 15.0. The number of aromatic nitrogens is 2. The van der Waals surface area contributed by atoms with Gasteiger partial charge in [0.1, 0.15) is 18.2 Å². The first-order chi connectivity index (χ1) is 12.1. The number of nitrogens with zero attached hydrogens (tertiary/aromatic N) is 2. The van der Waals surface area contributed by atoms with Gasteiger partial charge in [0.25, 0.3) is 5.56 Å². The maximum absolute atomic E-state index is 12.2. The van der Waals surface area contributed by atoms with Crippen LogP contribution in [0.25, 0.3) is 10.9 Å². The van der Waals surface area contributed by atoms with E-state index < -0.39 is 0 Å². The molecule has 25 heavy (non-hydrogen) atoms. The van der Waals surface area contributed by atoms with Crippen molar-refractivity contribution in [2.24, 2.45) is 0 Å². The summed E-state index contributed by atoms with van der Waals surface area (Å²) in [6, 6.07) is 14.7. The van der Waals surface area contributed by atoms with Crippen LogP contribution in [0.1, 0.15) is 18.8 Å². The summed E-state index contributed by atoms with van der Waals surface area (Å²) >= 11 is 6.08. The first-order valence-electron chi connectivity index (χ1n) is 8.13. The quantitative estimate of drug-likeness (QED) is 0.731. The van der Waals surface area contributed by atoms with Crippen molar-refractivity contribution in [2.75, 3.05) is 20.2 Å². The number of likely N-dealkylation sites (N-methyl/N-ethyl adjacent to an activating group) is 1. The van der Waals surface area contributed by atoms with Gasteiger partial charge in [-0.1, -0.05) is 35.9 Å². The van der Waals surface area contributed by atoms with Crippen LogP contribution < -0.4 is 10.3 Å². The van der Waals surface area contributed by atoms with Crippen LogP contribution in [0, 0.1) is 0 Å². The van der Waals surface area contributed by atoms with E-state index in [-0.39, 0.29) is 11.6 Å². The Bertz CT molecular complexity index is 926. The van der Waals surface area contributed by atoms with E-state index in [0.29, 0.717) is 40.7 Å². The molecule has 3 aromatic rings. The van der Waals surface area contributed by atoms with Gasteiger partial charge in [-0.15, -0.1) is 0 Å². The largest absolute Gasteiger partial charge is 0.491 e. The molecule has 5 nitrogen and oxygen atoms in total. The van der Waals surface area contributed by atoms with E-state index in [0.717, 1.165) is 0 Å². The molecule has 0 fully saturated rings. The smallest absolute Gasteiger partial charge is 0.258 e. The van der Waals surface area contributed by atoms with Gasteiger partial charge < -0.3 is 9.72 Å². The van der Waals surface area contributed by atoms with Crippen LogP contribution in [0.2, 0.25) is 5.02 Å². The Morgan fingerprint density at radius 1 is 1.20 bits per heavy atom. The maximum Gasteiger partial charge on any atom is 0.258 e. The van der Waals surface area contributed by atoms with E-state index in [1.54, 1.807) is 12.1 Å². The lowest BCUT2D eigenvalue weighted by Gasteiger charge is -2.24. The molecule has 0 aliphatic carbocycles. The molecule has 0 aliphatic rings. The molecule has 0 amide bonds. The van der Waals surface area contributed by atoms with E-state index in [2.05, 4.69) is 14.9 Å². The number of ether oxygens (including phenoxy) is 1. The van der Waals surface area contributed by atoms with Crippen LogP contribution in [0.3, 0.4) is 0 Å². The molecule has 1 heterocycles. The van der Waals surface area contributed by atoms with Gasteiger partial charge in [0.05, 0.1) is 22.0 Å². The molecule has 130 valence electrons. The lowest BCUT2D eigenvalue weighted by atomic mass is 10.2. The highest BCUT2D eigenvalue weighted by Crippen LogP contribution is 2.23. The zero-order valence-electron chi connectivity index (χ0n) is 14.2. The highest BCUT2D eigenvalue weighted by molar-refractivity contribution is 6.32. The highest BCUT2D eigenvalue weighted by atomic mass is 35.5. The van der Waals surface area contributed by atoms with Crippen molar-refractivity contribution in [1.82, 2.24) is 14.9 Å². The van der Waals surface area contributed by atoms with Gasteiger partial charge in [-0.05, 0) is 38.2 Å². The van der Waals surface area contributed by atoms with E-state index in [1.165, 1.54) is 0 Å². The van der Waals surface area contributed by atoms with E-state index >= 15 is 0 Å². The molecular weight excluding hydrogens is 338 g/mol. The molecule has 0 saturated heterocycles. The molecule has 1 atom stereocenters. The summed E-state index contributed by atoms with van der Waals surface area (Å²) in [5.74, 6) is 1.31. The Morgan fingerprint density at radius 3 is 2.72 bits per heavy atom. The van der Waals surface area contributed by atoms with Crippen molar-refractivity contribution in [1.29, 1.82) is 0 Å². The number of rotatable bonds is 6. The van der Waals surface area contributed by atoms with Gasteiger partial charge in [0.15, 0.2) is 0 Å². The third-order valence-electron chi connectivity index (χ3n) is 4.23. The van der Waals surface area contributed by atoms with Gasteiger partial charge >= 0.3 is 0 Å². The Labute approximate surface area is 151 Å². The first-order valence-corrected chi connectivity index (χ1v) is 8.50. The summed E-state index contributed by atoms with van der Waals surface area (Å²) in [5.41, 5.74) is 0.585. The number of hydrogen-bond acceptors (Lipinski definition) is 4. The van der Waals surface area contributed by atoms with Crippen molar-refractivity contribution >= 4 is 22.5 Å². The van der Waals surface area contributed by atoms with Crippen LogP contribution in [0.4, 0.5) is 0 Å². The molecule has 1 N–H and O–H groups in total. The number of fused-ring (bicyclic) bond motifs is 1. The van der Waals surface area contributed by atoms with Crippen molar-refractivity contribution in [3.63, 3.8) is 0 Å². The van der Waals surface area contributed by atoms with E-state index in [9.17, 15) is 4.79 Å². The summed E-state index contributed by atoms with van der Waals surface area (Å²) in [6.07, 6.45) is 0. The Kier molecular flexibility index (Phi) is 5.36. The average molecular weight is 358 g/mol. The average Bonchev–Trinajstić information content (AvgIpc) is 2.62. The molecule has 0 saturated carbocycles. The number of hydrogen-bond donors (Lipinski definition) is 1. The zero-order chi connectivity index (χ0) is 17.8. The monoisotopic (exact) mass is 357 g/mol. The van der Waals surface area contributed by atoms with Gasteiger partial charge in [0.2, 0.25) is 0 Å². The third-order valence-corrected chi connectivity index (χ3v) is 4.54. The van der Waals surface area contributed by atoms with Crippen LogP contribution >= 0.6 is 11.6 Å². The second-order valence-corrected chi connectivity index (χ2v) is 6.31. The SMILES string of the molecule is C[C@H](c1nc2ccccc2c(=O)[nH]1)N(C)CCOc1ccccc1Cl. The lowest BCUT2D eigenvalue weighted by Crippen LogP contribution is -2.29. The third kappa shape index (κ3) is 4.00. The number of H-pyrrole nitrogens is 1. The molecule has 6 heteroatoms. The van der Waals surface area contributed by atoms with E-state index in [1.807, 2.05) is 50.4 Å². The van der Waals surface area contributed by atoms with Crippen molar-refractivity contribution < 1.29 is 4.74 Å². The van der Waals surface area contributed by atoms with Crippen LogP contribution in [-0.4, -0.2) is 35.1 Å². The minimum absolute atomic E-state index is 0.0489. The van der Waals surface area contributed by atoms with Gasteiger partial charge in [-0.2, -0.15) is 0 Å². The van der Waals surface area contributed by atoms with Crippen molar-refractivity contribution in [3.05, 3.63) is 69.7 Å². The fourth-order valence-corrected chi connectivity index (χ4v) is 2.76. The Balaban J connectivity index is 1.67. The topological polar surface area (TPSA) is 58.2 Å².